The van der Waals surface area contributed by atoms with Gasteiger partial charge >= 0.3 is 0 Å². The summed E-state index contributed by atoms with van der Waals surface area (Å²) < 4.78 is 5.29. The Morgan fingerprint density at radius 1 is 1.64 bits per heavy atom. The number of aliphatic hydroxyl groups is 1. The van der Waals surface area contributed by atoms with E-state index in [9.17, 15) is 0 Å². The maximum absolute atomic E-state index is 9.10. The van der Waals surface area contributed by atoms with E-state index in [1.165, 1.54) is 0 Å². The molecule has 3 nitrogen and oxygen atoms in total. The van der Waals surface area contributed by atoms with Crippen LogP contribution in [0.5, 0.6) is 0 Å². The van der Waals surface area contributed by atoms with Crippen LogP contribution >= 0.6 is 0 Å². The van der Waals surface area contributed by atoms with Gasteiger partial charge in [-0.25, -0.2) is 0 Å². The lowest BCUT2D eigenvalue weighted by Gasteiger charge is -2.44. The number of ether oxygens (including phenoxy) is 1. The molecule has 0 heterocycles. The normalized spacial score (nSPS) is 36.8. The van der Waals surface area contributed by atoms with Crippen molar-refractivity contribution >= 4 is 0 Å². The zero-order valence-corrected chi connectivity index (χ0v) is 7.05. The summed E-state index contributed by atoms with van der Waals surface area (Å²) in [7, 11) is 0. The van der Waals surface area contributed by atoms with E-state index in [0.29, 0.717) is 13.2 Å². The zero-order chi connectivity index (χ0) is 8.32. The number of rotatable bonds is 4. The monoisotopic (exact) mass is 159 g/mol. The summed E-state index contributed by atoms with van der Waals surface area (Å²) in [6.45, 7) is 4.04. The van der Waals surface area contributed by atoms with Gasteiger partial charge in [-0.15, -0.1) is 0 Å². The van der Waals surface area contributed by atoms with Crippen molar-refractivity contribution in [3.05, 3.63) is 0 Å². The SMILES string of the molecule is CCOCC1(CN)CC(O)C1. The van der Waals surface area contributed by atoms with Crippen molar-refractivity contribution in [3.8, 4) is 0 Å². The summed E-state index contributed by atoms with van der Waals surface area (Å²) in [5.41, 5.74) is 5.67. The van der Waals surface area contributed by atoms with Gasteiger partial charge in [0.05, 0.1) is 12.7 Å². The molecule has 0 atom stereocenters. The molecule has 0 aromatic heterocycles. The van der Waals surface area contributed by atoms with E-state index < -0.39 is 0 Å². The Morgan fingerprint density at radius 2 is 2.27 bits per heavy atom. The van der Waals surface area contributed by atoms with E-state index in [1.807, 2.05) is 6.92 Å². The van der Waals surface area contributed by atoms with E-state index in [1.54, 1.807) is 0 Å². The fourth-order valence-corrected chi connectivity index (χ4v) is 1.60. The van der Waals surface area contributed by atoms with Crippen molar-refractivity contribution in [1.82, 2.24) is 0 Å². The number of aliphatic hydroxyl groups excluding tert-OH is 1. The van der Waals surface area contributed by atoms with Crippen molar-refractivity contribution in [2.24, 2.45) is 11.1 Å². The van der Waals surface area contributed by atoms with Gasteiger partial charge in [-0.2, -0.15) is 0 Å². The van der Waals surface area contributed by atoms with E-state index in [4.69, 9.17) is 15.6 Å². The quantitative estimate of drug-likeness (QED) is 0.612. The van der Waals surface area contributed by atoms with Crippen molar-refractivity contribution in [2.45, 2.75) is 25.9 Å². The molecule has 0 bridgehead atoms. The molecule has 1 fully saturated rings. The van der Waals surface area contributed by atoms with Gasteiger partial charge in [-0.05, 0) is 19.8 Å². The molecule has 1 aliphatic rings. The molecule has 1 saturated carbocycles. The predicted molar refractivity (Wildman–Crippen MR) is 43.2 cm³/mol. The Morgan fingerprint density at radius 3 is 2.64 bits per heavy atom. The lowest BCUT2D eigenvalue weighted by Crippen LogP contribution is -2.49. The second kappa shape index (κ2) is 3.52. The highest BCUT2D eigenvalue weighted by Crippen LogP contribution is 2.40. The first-order valence-electron chi connectivity index (χ1n) is 4.18. The van der Waals surface area contributed by atoms with Gasteiger partial charge in [0.2, 0.25) is 0 Å². The number of nitrogens with two attached hydrogens (primary N) is 1. The van der Waals surface area contributed by atoms with Crippen LogP contribution in [0, 0.1) is 5.41 Å². The molecule has 66 valence electrons. The Bertz CT molecular complexity index is 121. The second-order valence-electron chi connectivity index (χ2n) is 3.40. The van der Waals surface area contributed by atoms with Crippen LogP contribution in [-0.2, 0) is 4.74 Å². The minimum Gasteiger partial charge on any atom is -0.393 e. The number of hydrogen-bond acceptors (Lipinski definition) is 3. The molecule has 0 spiro atoms. The maximum Gasteiger partial charge on any atom is 0.0553 e. The Kier molecular flexibility index (Phi) is 2.87. The lowest BCUT2D eigenvalue weighted by atomic mass is 9.67. The predicted octanol–water partition coefficient (Wildman–Crippen LogP) is 0.123. The molecule has 3 N–H and O–H groups in total. The highest BCUT2D eigenvalue weighted by Gasteiger charge is 2.42. The van der Waals surface area contributed by atoms with Crippen molar-refractivity contribution in [2.75, 3.05) is 19.8 Å². The average Bonchev–Trinajstić information content (AvgIpc) is 1.96. The molecule has 1 rings (SSSR count). The largest absolute Gasteiger partial charge is 0.393 e. The first-order chi connectivity index (χ1) is 5.22. The fraction of sp³-hybridized carbons (Fsp3) is 1.00. The third-order valence-electron chi connectivity index (χ3n) is 2.38. The summed E-state index contributed by atoms with van der Waals surface area (Å²) in [5.74, 6) is 0. The summed E-state index contributed by atoms with van der Waals surface area (Å²) in [6, 6.07) is 0. The Labute approximate surface area is 67.5 Å². The van der Waals surface area contributed by atoms with E-state index in [-0.39, 0.29) is 11.5 Å². The summed E-state index contributed by atoms with van der Waals surface area (Å²) in [5, 5.41) is 9.10. The van der Waals surface area contributed by atoms with Crippen LogP contribution in [0.2, 0.25) is 0 Å². The van der Waals surface area contributed by atoms with Crippen LogP contribution in [0.15, 0.2) is 0 Å². The van der Waals surface area contributed by atoms with E-state index in [0.717, 1.165) is 19.4 Å². The van der Waals surface area contributed by atoms with Crippen molar-refractivity contribution in [1.29, 1.82) is 0 Å². The van der Waals surface area contributed by atoms with Crippen LogP contribution in [0.3, 0.4) is 0 Å². The van der Waals surface area contributed by atoms with Gasteiger partial charge in [0.15, 0.2) is 0 Å². The maximum atomic E-state index is 9.10. The highest BCUT2D eigenvalue weighted by atomic mass is 16.5. The molecule has 0 radical (unpaired) electrons. The third-order valence-corrected chi connectivity index (χ3v) is 2.38. The molecule has 0 aromatic rings. The van der Waals surface area contributed by atoms with Gasteiger partial charge in [0.1, 0.15) is 0 Å². The molecular weight excluding hydrogens is 142 g/mol. The lowest BCUT2D eigenvalue weighted by molar-refractivity contribution is -0.0755. The average molecular weight is 159 g/mol. The van der Waals surface area contributed by atoms with E-state index in [2.05, 4.69) is 0 Å². The second-order valence-corrected chi connectivity index (χ2v) is 3.40. The van der Waals surface area contributed by atoms with Gasteiger partial charge in [0.25, 0.3) is 0 Å². The van der Waals surface area contributed by atoms with Gasteiger partial charge < -0.3 is 15.6 Å². The molecule has 0 aliphatic heterocycles. The molecular formula is C8H17NO2. The summed E-state index contributed by atoms with van der Waals surface area (Å²) in [4.78, 5) is 0. The third kappa shape index (κ3) is 1.92. The topological polar surface area (TPSA) is 55.5 Å². The molecule has 0 aromatic carbocycles. The van der Waals surface area contributed by atoms with Crippen LogP contribution in [0.25, 0.3) is 0 Å². The Balaban J connectivity index is 2.26. The molecule has 0 unspecified atom stereocenters. The zero-order valence-electron chi connectivity index (χ0n) is 7.05. The Hall–Kier alpha value is -0.120. The molecule has 0 amide bonds. The standard InChI is InChI=1S/C8H17NO2/c1-2-11-6-8(5-9)3-7(10)4-8/h7,10H,2-6,9H2,1H3. The summed E-state index contributed by atoms with van der Waals surface area (Å²) in [6.07, 6.45) is 1.48. The van der Waals surface area contributed by atoms with Crippen LogP contribution < -0.4 is 5.73 Å². The minimum absolute atomic E-state index is 0.0927. The van der Waals surface area contributed by atoms with Crippen LogP contribution in [0.4, 0.5) is 0 Å². The van der Waals surface area contributed by atoms with E-state index >= 15 is 0 Å². The number of hydrogen-bond donors (Lipinski definition) is 2. The van der Waals surface area contributed by atoms with Crippen LogP contribution in [-0.4, -0.2) is 31.0 Å². The first-order valence-corrected chi connectivity index (χ1v) is 4.18. The molecule has 0 saturated heterocycles. The molecule has 1 aliphatic carbocycles. The van der Waals surface area contributed by atoms with Crippen LogP contribution in [0.1, 0.15) is 19.8 Å². The van der Waals surface area contributed by atoms with Crippen molar-refractivity contribution in [3.63, 3.8) is 0 Å². The molecule has 3 heteroatoms. The fourth-order valence-electron chi connectivity index (χ4n) is 1.60. The molecule has 11 heavy (non-hydrogen) atoms. The van der Waals surface area contributed by atoms with Gasteiger partial charge in [-0.1, -0.05) is 0 Å². The summed E-state index contributed by atoms with van der Waals surface area (Å²) >= 11 is 0. The smallest absolute Gasteiger partial charge is 0.0553 e. The minimum atomic E-state index is -0.140. The van der Waals surface area contributed by atoms with Crippen molar-refractivity contribution < 1.29 is 9.84 Å². The first kappa shape index (κ1) is 8.97. The van der Waals surface area contributed by atoms with Gasteiger partial charge in [-0.3, -0.25) is 0 Å². The van der Waals surface area contributed by atoms with Gasteiger partial charge in [0, 0.05) is 18.6 Å². The highest BCUT2D eigenvalue weighted by molar-refractivity contribution is 4.94.